The molecule has 0 aromatic rings. The molecule has 0 aliphatic heterocycles. The monoisotopic (exact) mass is 436 g/mol. The fraction of sp³-hybridized carbons (Fsp3) is 0.800. The number of esters is 3. The molecular formula is C25H40O6. The summed E-state index contributed by atoms with van der Waals surface area (Å²) in [5.41, 5.74) is 0.279. The highest BCUT2D eigenvalue weighted by molar-refractivity contribution is 5.79. The molecule has 2 saturated carbocycles. The van der Waals surface area contributed by atoms with Crippen LogP contribution in [0.25, 0.3) is 0 Å². The number of carbonyl (C=O) groups excluding carboxylic acids is 3. The van der Waals surface area contributed by atoms with Gasteiger partial charge in [-0.25, -0.2) is 0 Å². The van der Waals surface area contributed by atoms with Crippen LogP contribution < -0.4 is 0 Å². The lowest BCUT2D eigenvalue weighted by Gasteiger charge is -2.59. The van der Waals surface area contributed by atoms with E-state index in [-0.39, 0.29) is 29.2 Å². The van der Waals surface area contributed by atoms with E-state index in [2.05, 4.69) is 20.4 Å². The van der Waals surface area contributed by atoms with E-state index in [1.807, 2.05) is 6.92 Å². The maximum Gasteiger partial charge on any atom is 0.315 e. The Hall–Kier alpha value is -1.85. The summed E-state index contributed by atoms with van der Waals surface area (Å²) in [5, 5.41) is 0. The molecule has 0 radical (unpaired) electrons. The number of hydrogen-bond donors (Lipinski definition) is 0. The molecule has 2 aliphatic carbocycles. The molecule has 0 aromatic carbocycles. The van der Waals surface area contributed by atoms with Gasteiger partial charge in [-0.15, -0.1) is 0 Å². The third-order valence-electron chi connectivity index (χ3n) is 7.97. The predicted molar refractivity (Wildman–Crippen MR) is 118 cm³/mol. The Labute approximate surface area is 187 Å². The third kappa shape index (κ3) is 5.32. The number of hydrogen-bond acceptors (Lipinski definition) is 6. The van der Waals surface area contributed by atoms with E-state index < -0.39 is 11.5 Å². The van der Waals surface area contributed by atoms with Gasteiger partial charge in [0.15, 0.2) is 0 Å². The second kappa shape index (κ2) is 10.2. The van der Waals surface area contributed by atoms with Crippen LogP contribution in [-0.2, 0) is 28.6 Å². The van der Waals surface area contributed by atoms with Crippen molar-refractivity contribution in [2.24, 2.45) is 28.6 Å². The minimum Gasteiger partial charge on any atom is -0.468 e. The summed E-state index contributed by atoms with van der Waals surface area (Å²) in [4.78, 5) is 35.8. The summed E-state index contributed by atoms with van der Waals surface area (Å²) in [5.74, 6) is -0.116. The first-order valence-corrected chi connectivity index (χ1v) is 11.5. The van der Waals surface area contributed by atoms with E-state index in [4.69, 9.17) is 14.2 Å². The standard InChI is InChI=1S/C25H40O6/c1-16(13-15-30-18(3)26)8-10-20-17(2)9-11-21-24(20,5)14-12-22(31-19(4)27)25(21,6)23(28)29-7/h16,20-22H,2,8-15H2,1,3-7H3. The van der Waals surface area contributed by atoms with Gasteiger partial charge < -0.3 is 14.2 Å². The maximum absolute atomic E-state index is 13.0. The van der Waals surface area contributed by atoms with Crippen molar-refractivity contribution in [2.75, 3.05) is 13.7 Å². The zero-order chi connectivity index (χ0) is 23.4. The Balaban J connectivity index is 2.22. The molecule has 0 amide bonds. The number of methoxy groups -OCH3 is 1. The number of carbonyl (C=O) groups is 3. The van der Waals surface area contributed by atoms with Crippen molar-refractivity contribution < 1.29 is 28.6 Å². The summed E-state index contributed by atoms with van der Waals surface area (Å²) >= 11 is 0. The summed E-state index contributed by atoms with van der Waals surface area (Å²) in [7, 11) is 1.41. The molecule has 6 heteroatoms. The van der Waals surface area contributed by atoms with E-state index in [1.54, 1.807) is 0 Å². The van der Waals surface area contributed by atoms with Crippen molar-refractivity contribution in [3.63, 3.8) is 0 Å². The molecule has 176 valence electrons. The van der Waals surface area contributed by atoms with Crippen LogP contribution in [0.15, 0.2) is 12.2 Å². The lowest BCUT2D eigenvalue weighted by Crippen LogP contribution is -2.60. The van der Waals surface area contributed by atoms with Crippen molar-refractivity contribution in [3.8, 4) is 0 Å². The van der Waals surface area contributed by atoms with Crippen LogP contribution in [-0.4, -0.2) is 37.7 Å². The molecular weight excluding hydrogens is 396 g/mol. The fourth-order valence-corrected chi connectivity index (χ4v) is 6.25. The topological polar surface area (TPSA) is 78.9 Å². The summed E-state index contributed by atoms with van der Waals surface area (Å²) in [6, 6.07) is 0. The van der Waals surface area contributed by atoms with Gasteiger partial charge >= 0.3 is 17.9 Å². The molecule has 31 heavy (non-hydrogen) atoms. The highest BCUT2D eigenvalue weighted by Gasteiger charge is 2.62. The van der Waals surface area contributed by atoms with Crippen LogP contribution in [0.5, 0.6) is 0 Å². The van der Waals surface area contributed by atoms with Crippen molar-refractivity contribution >= 4 is 17.9 Å². The van der Waals surface area contributed by atoms with Crippen LogP contribution in [0.1, 0.15) is 79.6 Å². The van der Waals surface area contributed by atoms with Gasteiger partial charge in [-0.3, -0.25) is 14.4 Å². The molecule has 2 fully saturated rings. The molecule has 0 saturated heterocycles. The maximum atomic E-state index is 13.0. The lowest BCUT2D eigenvalue weighted by molar-refractivity contribution is -0.197. The summed E-state index contributed by atoms with van der Waals surface area (Å²) in [6.07, 6.45) is 5.61. The lowest BCUT2D eigenvalue weighted by atomic mass is 9.45. The van der Waals surface area contributed by atoms with Crippen LogP contribution >= 0.6 is 0 Å². The molecule has 0 aromatic heterocycles. The third-order valence-corrected chi connectivity index (χ3v) is 7.97. The van der Waals surface area contributed by atoms with Crippen molar-refractivity contribution in [2.45, 2.75) is 85.7 Å². The first-order valence-electron chi connectivity index (χ1n) is 11.5. The Morgan fingerprint density at radius 1 is 1.13 bits per heavy atom. The summed E-state index contributed by atoms with van der Waals surface area (Å²) in [6.45, 7) is 14.1. The van der Waals surface area contributed by atoms with Gasteiger partial charge in [-0.05, 0) is 75.0 Å². The van der Waals surface area contributed by atoms with Crippen LogP contribution in [0, 0.1) is 28.6 Å². The van der Waals surface area contributed by atoms with E-state index in [0.29, 0.717) is 24.9 Å². The zero-order valence-corrected chi connectivity index (χ0v) is 20.1. The first-order chi connectivity index (χ1) is 14.5. The average molecular weight is 437 g/mol. The van der Waals surface area contributed by atoms with E-state index in [9.17, 15) is 14.4 Å². The largest absolute Gasteiger partial charge is 0.468 e. The second-order valence-electron chi connectivity index (χ2n) is 10.0. The number of allylic oxidation sites excluding steroid dienone is 1. The van der Waals surface area contributed by atoms with Crippen LogP contribution in [0.3, 0.4) is 0 Å². The van der Waals surface area contributed by atoms with Crippen molar-refractivity contribution in [3.05, 3.63) is 12.2 Å². The van der Waals surface area contributed by atoms with Crippen molar-refractivity contribution in [1.29, 1.82) is 0 Å². The number of ether oxygens (including phenoxy) is 3. The van der Waals surface area contributed by atoms with Gasteiger partial charge in [0.2, 0.25) is 0 Å². The predicted octanol–water partition coefficient (Wildman–Crippen LogP) is 4.85. The summed E-state index contributed by atoms with van der Waals surface area (Å²) < 4.78 is 16.0. The van der Waals surface area contributed by atoms with E-state index in [0.717, 1.165) is 38.5 Å². The molecule has 6 atom stereocenters. The van der Waals surface area contributed by atoms with Gasteiger partial charge in [0.1, 0.15) is 11.5 Å². The molecule has 6 nitrogen and oxygen atoms in total. The Kier molecular flexibility index (Phi) is 8.34. The minimum absolute atomic E-state index is 0.0532. The molecule has 0 spiro atoms. The van der Waals surface area contributed by atoms with Crippen LogP contribution in [0.4, 0.5) is 0 Å². The molecule has 6 unspecified atom stereocenters. The van der Waals surface area contributed by atoms with Crippen molar-refractivity contribution in [1.82, 2.24) is 0 Å². The molecule has 2 aliphatic rings. The molecule has 0 N–H and O–H groups in total. The first kappa shape index (κ1) is 25.4. The number of fused-ring (bicyclic) bond motifs is 1. The Bertz CT molecular complexity index is 700. The smallest absolute Gasteiger partial charge is 0.315 e. The van der Waals surface area contributed by atoms with Gasteiger partial charge in [0.25, 0.3) is 0 Å². The van der Waals surface area contributed by atoms with Crippen LogP contribution in [0.2, 0.25) is 0 Å². The number of rotatable bonds is 8. The molecule has 0 bridgehead atoms. The highest BCUT2D eigenvalue weighted by atomic mass is 16.6. The Morgan fingerprint density at radius 2 is 1.81 bits per heavy atom. The normalized spacial score (nSPS) is 33.7. The second-order valence-corrected chi connectivity index (χ2v) is 10.0. The van der Waals surface area contributed by atoms with E-state index in [1.165, 1.54) is 26.5 Å². The SMILES string of the molecule is C=C1CCC2C(C)(CCC(OC(C)=O)C2(C)C(=O)OC)C1CCC(C)CCOC(C)=O. The minimum atomic E-state index is -0.868. The quantitative estimate of drug-likeness (QED) is 0.307. The zero-order valence-electron chi connectivity index (χ0n) is 20.1. The highest BCUT2D eigenvalue weighted by Crippen LogP contribution is 2.62. The van der Waals surface area contributed by atoms with Gasteiger partial charge in [-0.1, -0.05) is 26.0 Å². The molecule has 0 heterocycles. The van der Waals surface area contributed by atoms with Gasteiger partial charge in [-0.2, -0.15) is 0 Å². The molecule has 2 rings (SSSR count). The average Bonchev–Trinajstić information content (AvgIpc) is 2.68. The van der Waals surface area contributed by atoms with Gasteiger partial charge in [0.05, 0.1) is 13.7 Å². The Morgan fingerprint density at radius 3 is 2.39 bits per heavy atom. The van der Waals surface area contributed by atoms with E-state index >= 15 is 0 Å². The van der Waals surface area contributed by atoms with Gasteiger partial charge in [0, 0.05) is 13.8 Å². The fourth-order valence-electron chi connectivity index (χ4n) is 6.25.